The van der Waals surface area contributed by atoms with E-state index in [4.69, 9.17) is 16.7 Å². The summed E-state index contributed by atoms with van der Waals surface area (Å²) in [6.07, 6.45) is 0. The van der Waals surface area contributed by atoms with Gasteiger partial charge in [0.2, 0.25) is 0 Å². The number of halogens is 1. The molecule has 4 nitrogen and oxygen atoms in total. The van der Waals surface area contributed by atoms with Crippen molar-refractivity contribution in [3.63, 3.8) is 0 Å². The second-order valence-electron chi connectivity index (χ2n) is 3.35. The average Bonchev–Trinajstić information content (AvgIpc) is 2.22. The van der Waals surface area contributed by atoms with E-state index in [0.29, 0.717) is 10.5 Å². The van der Waals surface area contributed by atoms with E-state index < -0.39 is 5.97 Å². The van der Waals surface area contributed by atoms with Gasteiger partial charge in [0.15, 0.2) is 0 Å². The standard InChI is InChI=1S/C11H8ClNO3/c12-8-3-1-7-2-4-10(14)13(6-11(15)16)9(7)5-8/h1-5H,6H2,(H,15,16). The van der Waals surface area contributed by atoms with Crippen LogP contribution in [0.15, 0.2) is 35.1 Å². The normalized spacial score (nSPS) is 10.6. The molecule has 5 heteroatoms. The van der Waals surface area contributed by atoms with Gasteiger partial charge < -0.3 is 5.11 Å². The number of aliphatic carboxylic acids is 1. The number of benzene rings is 1. The van der Waals surface area contributed by atoms with Gasteiger partial charge in [0, 0.05) is 11.1 Å². The Hall–Kier alpha value is -1.81. The molecule has 0 aliphatic rings. The number of rotatable bonds is 2. The number of aromatic nitrogens is 1. The third kappa shape index (κ3) is 1.92. The highest BCUT2D eigenvalue weighted by Crippen LogP contribution is 2.17. The molecule has 1 heterocycles. The van der Waals surface area contributed by atoms with Gasteiger partial charge in [-0.1, -0.05) is 17.7 Å². The number of hydrogen-bond donors (Lipinski definition) is 1. The molecule has 16 heavy (non-hydrogen) atoms. The van der Waals surface area contributed by atoms with Gasteiger partial charge in [-0.15, -0.1) is 0 Å². The summed E-state index contributed by atoms with van der Waals surface area (Å²) in [5, 5.41) is 9.98. The zero-order valence-corrected chi connectivity index (χ0v) is 8.94. The summed E-state index contributed by atoms with van der Waals surface area (Å²) in [6.45, 7) is -0.365. The van der Waals surface area contributed by atoms with Crippen molar-refractivity contribution < 1.29 is 9.90 Å². The molecule has 1 N–H and O–H groups in total. The number of fused-ring (bicyclic) bond motifs is 1. The predicted molar refractivity (Wildman–Crippen MR) is 60.9 cm³/mol. The van der Waals surface area contributed by atoms with E-state index in [1.807, 2.05) is 0 Å². The van der Waals surface area contributed by atoms with Gasteiger partial charge in [-0.05, 0) is 23.6 Å². The first-order valence-corrected chi connectivity index (χ1v) is 4.96. The molecule has 0 fully saturated rings. The minimum absolute atomic E-state index is 0.350. The zero-order chi connectivity index (χ0) is 11.7. The van der Waals surface area contributed by atoms with Crippen molar-refractivity contribution >= 4 is 28.5 Å². The van der Waals surface area contributed by atoms with E-state index in [2.05, 4.69) is 0 Å². The smallest absolute Gasteiger partial charge is 0.323 e. The molecule has 0 unspecified atom stereocenters. The van der Waals surface area contributed by atoms with Crippen LogP contribution in [0.5, 0.6) is 0 Å². The molecule has 0 aliphatic heterocycles. The Morgan fingerprint density at radius 2 is 2.00 bits per heavy atom. The number of carboxylic acids is 1. The van der Waals surface area contributed by atoms with Crippen LogP contribution in [-0.4, -0.2) is 15.6 Å². The molecule has 0 atom stereocenters. The molecular formula is C11H8ClNO3. The molecule has 0 bridgehead atoms. The number of hydrogen-bond acceptors (Lipinski definition) is 2. The molecule has 1 aromatic carbocycles. The summed E-state index contributed by atoms with van der Waals surface area (Å²) in [5.41, 5.74) is 0.180. The number of carboxylic acid groups (broad SMARTS) is 1. The Morgan fingerprint density at radius 3 is 2.69 bits per heavy atom. The van der Waals surface area contributed by atoms with Crippen molar-refractivity contribution in [2.24, 2.45) is 0 Å². The lowest BCUT2D eigenvalue weighted by atomic mass is 10.2. The molecule has 1 aromatic heterocycles. The van der Waals surface area contributed by atoms with Crippen molar-refractivity contribution in [1.82, 2.24) is 4.57 Å². The quantitative estimate of drug-likeness (QED) is 0.866. The van der Waals surface area contributed by atoms with Crippen molar-refractivity contribution in [3.05, 3.63) is 45.7 Å². The van der Waals surface area contributed by atoms with Gasteiger partial charge in [0.25, 0.3) is 5.56 Å². The molecule has 0 spiro atoms. The Kier molecular flexibility index (Phi) is 2.66. The molecule has 82 valence electrons. The summed E-state index contributed by atoms with van der Waals surface area (Å²) in [6, 6.07) is 8.02. The van der Waals surface area contributed by atoms with Crippen LogP contribution in [0.3, 0.4) is 0 Å². The maximum atomic E-state index is 11.5. The number of carbonyl (C=O) groups is 1. The first-order valence-electron chi connectivity index (χ1n) is 4.59. The fourth-order valence-electron chi connectivity index (χ4n) is 1.56. The summed E-state index contributed by atoms with van der Waals surface area (Å²) >= 11 is 5.82. The van der Waals surface area contributed by atoms with Crippen LogP contribution in [0.1, 0.15) is 0 Å². The van der Waals surface area contributed by atoms with Crippen LogP contribution >= 0.6 is 11.6 Å². The van der Waals surface area contributed by atoms with Crippen molar-refractivity contribution in [2.75, 3.05) is 0 Å². The summed E-state index contributed by atoms with van der Waals surface area (Å²) in [4.78, 5) is 22.2. The Labute approximate surface area is 95.7 Å². The fraction of sp³-hybridized carbons (Fsp3) is 0.0909. The van der Waals surface area contributed by atoms with Gasteiger partial charge >= 0.3 is 5.97 Å². The van der Waals surface area contributed by atoms with Gasteiger partial charge in [0.1, 0.15) is 6.54 Å². The van der Waals surface area contributed by atoms with Crippen LogP contribution in [0.25, 0.3) is 10.9 Å². The van der Waals surface area contributed by atoms with Crippen LogP contribution in [0, 0.1) is 0 Å². The largest absolute Gasteiger partial charge is 0.480 e. The molecule has 2 rings (SSSR count). The molecular weight excluding hydrogens is 230 g/mol. The van der Waals surface area contributed by atoms with E-state index in [0.717, 1.165) is 5.39 Å². The van der Waals surface area contributed by atoms with Crippen LogP contribution in [-0.2, 0) is 11.3 Å². The van der Waals surface area contributed by atoms with Crippen molar-refractivity contribution in [1.29, 1.82) is 0 Å². The van der Waals surface area contributed by atoms with Crippen LogP contribution < -0.4 is 5.56 Å². The van der Waals surface area contributed by atoms with Crippen molar-refractivity contribution in [2.45, 2.75) is 6.54 Å². The van der Waals surface area contributed by atoms with Crippen LogP contribution in [0.2, 0.25) is 5.02 Å². The van der Waals surface area contributed by atoms with Gasteiger partial charge in [-0.25, -0.2) is 0 Å². The fourth-order valence-corrected chi connectivity index (χ4v) is 1.73. The lowest BCUT2D eigenvalue weighted by molar-refractivity contribution is -0.137. The molecule has 0 amide bonds. The first kappa shape index (κ1) is 10.7. The average molecular weight is 238 g/mol. The number of pyridine rings is 1. The minimum Gasteiger partial charge on any atom is -0.480 e. The summed E-state index contributed by atoms with van der Waals surface area (Å²) in [5.74, 6) is -1.06. The molecule has 2 aromatic rings. The molecule has 0 radical (unpaired) electrons. The molecule has 0 saturated heterocycles. The topological polar surface area (TPSA) is 59.3 Å². The third-order valence-corrected chi connectivity index (χ3v) is 2.48. The Bertz CT molecular complexity index is 618. The third-order valence-electron chi connectivity index (χ3n) is 2.25. The Morgan fingerprint density at radius 1 is 1.31 bits per heavy atom. The molecule has 0 saturated carbocycles. The highest BCUT2D eigenvalue weighted by molar-refractivity contribution is 6.31. The van der Waals surface area contributed by atoms with E-state index >= 15 is 0 Å². The van der Waals surface area contributed by atoms with Gasteiger partial charge in [-0.2, -0.15) is 0 Å². The first-order chi connectivity index (χ1) is 7.58. The SMILES string of the molecule is O=C(O)Cn1c(=O)ccc2ccc(Cl)cc21. The van der Waals surface area contributed by atoms with E-state index in [1.165, 1.54) is 10.6 Å². The lowest BCUT2D eigenvalue weighted by Crippen LogP contribution is -2.23. The summed E-state index contributed by atoms with van der Waals surface area (Å²) < 4.78 is 1.18. The predicted octanol–water partition coefficient (Wildman–Crippen LogP) is 1.74. The highest BCUT2D eigenvalue weighted by Gasteiger charge is 2.06. The van der Waals surface area contributed by atoms with Gasteiger partial charge in [0.05, 0.1) is 5.52 Å². The lowest BCUT2D eigenvalue weighted by Gasteiger charge is -2.07. The zero-order valence-electron chi connectivity index (χ0n) is 8.18. The minimum atomic E-state index is -1.06. The maximum absolute atomic E-state index is 11.5. The highest BCUT2D eigenvalue weighted by atomic mass is 35.5. The van der Waals surface area contributed by atoms with Gasteiger partial charge in [-0.3, -0.25) is 14.2 Å². The maximum Gasteiger partial charge on any atom is 0.323 e. The van der Waals surface area contributed by atoms with E-state index in [-0.39, 0.29) is 12.1 Å². The number of nitrogens with zero attached hydrogens (tertiary/aromatic N) is 1. The second-order valence-corrected chi connectivity index (χ2v) is 3.79. The van der Waals surface area contributed by atoms with Crippen molar-refractivity contribution in [3.8, 4) is 0 Å². The monoisotopic (exact) mass is 237 g/mol. The van der Waals surface area contributed by atoms with Crippen LogP contribution in [0.4, 0.5) is 0 Å². The Balaban J connectivity index is 2.77. The second kappa shape index (κ2) is 3.98. The van der Waals surface area contributed by atoms with E-state index in [9.17, 15) is 9.59 Å². The van der Waals surface area contributed by atoms with E-state index in [1.54, 1.807) is 24.3 Å². The summed E-state index contributed by atoms with van der Waals surface area (Å²) in [7, 11) is 0. The molecule has 0 aliphatic carbocycles.